The Labute approximate surface area is 156 Å². The van der Waals surface area contributed by atoms with Gasteiger partial charge in [0.25, 0.3) is 0 Å². The Hall–Kier alpha value is -3.09. The predicted octanol–water partition coefficient (Wildman–Crippen LogP) is 2.31. The molecule has 0 spiro atoms. The molecule has 2 amide bonds. The normalized spacial score (nSPS) is 16.3. The maximum Gasteiger partial charge on any atom is 0.229 e. The van der Waals surface area contributed by atoms with Gasteiger partial charge < -0.3 is 19.7 Å². The predicted molar refractivity (Wildman–Crippen MR) is 98.6 cm³/mol. The van der Waals surface area contributed by atoms with Gasteiger partial charge in [0.2, 0.25) is 11.8 Å². The van der Waals surface area contributed by atoms with Crippen LogP contribution in [0.1, 0.15) is 12.0 Å². The molecule has 1 saturated heterocycles. The van der Waals surface area contributed by atoms with Gasteiger partial charge in [0, 0.05) is 24.7 Å². The van der Waals surface area contributed by atoms with Crippen molar-refractivity contribution >= 4 is 17.5 Å². The molecule has 0 bridgehead atoms. The number of ether oxygens (including phenoxy) is 2. The van der Waals surface area contributed by atoms with Crippen molar-refractivity contribution in [1.29, 1.82) is 0 Å². The lowest BCUT2D eigenvalue weighted by Crippen LogP contribution is -2.38. The van der Waals surface area contributed by atoms with Crippen LogP contribution in [0.3, 0.4) is 0 Å². The first-order valence-electron chi connectivity index (χ1n) is 8.56. The van der Waals surface area contributed by atoms with E-state index in [9.17, 15) is 14.0 Å². The second-order valence-corrected chi connectivity index (χ2v) is 6.32. The van der Waals surface area contributed by atoms with E-state index < -0.39 is 0 Å². The summed E-state index contributed by atoms with van der Waals surface area (Å²) < 4.78 is 23.4. The van der Waals surface area contributed by atoms with Crippen molar-refractivity contribution in [3.8, 4) is 11.5 Å². The Morgan fingerprint density at radius 2 is 1.85 bits per heavy atom. The van der Waals surface area contributed by atoms with E-state index in [2.05, 4.69) is 5.32 Å². The number of carbonyl (C=O) groups is 2. The molecule has 2 aromatic rings. The van der Waals surface area contributed by atoms with Crippen LogP contribution in [0, 0.1) is 5.82 Å². The van der Waals surface area contributed by atoms with Crippen molar-refractivity contribution < 1.29 is 23.5 Å². The van der Waals surface area contributed by atoms with Gasteiger partial charge in [0.15, 0.2) is 11.5 Å². The molecule has 6 nitrogen and oxygen atoms in total. The third kappa shape index (κ3) is 4.36. The van der Waals surface area contributed by atoms with Crippen LogP contribution in [0.2, 0.25) is 0 Å². The average molecular weight is 372 g/mol. The summed E-state index contributed by atoms with van der Waals surface area (Å²) in [6.07, 6.45) is 0.366. The molecule has 2 aromatic carbocycles. The number of methoxy groups -OCH3 is 2. The number of benzene rings is 2. The van der Waals surface area contributed by atoms with Gasteiger partial charge in [-0.05, 0) is 29.8 Å². The van der Waals surface area contributed by atoms with Crippen LogP contribution < -0.4 is 19.7 Å². The fourth-order valence-corrected chi connectivity index (χ4v) is 3.11. The highest BCUT2D eigenvalue weighted by Gasteiger charge is 2.32. The lowest BCUT2D eigenvalue weighted by Gasteiger charge is -2.19. The van der Waals surface area contributed by atoms with Crippen molar-refractivity contribution in [2.45, 2.75) is 18.9 Å². The quantitative estimate of drug-likeness (QED) is 0.845. The van der Waals surface area contributed by atoms with Crippen molar-refractivity contribution in [3.05, 3.63) is 53.8 Å². The molecule has 1 aliphatic heterocycles. The Morgan fingerprint density at radius 1 is 1.15 bits per heavy atom. The minimum absolute atomic E-state index is 0.0747. The molecule has 0 aliphatic carbocycles. The van der Waals surface area contributed by atoms with E-state index in [1.54, 1.807) is 42.3 Å². The molecule has 0 unspecified atom stereocenters. The van der Waals surface area contributed by atoms with E-state index in [0.717, 1.165) is 5.56 Å². The highest BCUT2D eigenvalue weighted by molar-refractivity contribution is 5.97. The Balaban J connectivity index is 1.63. The lowest BCUT2D eigenvalue weighted by molar-refractivity contribution is -0.121. The monoisotopic (exact) mass is 372 g/mol. The lowest BCUT2D eigenvalue weighted by atomic mass is 10.1. The molecule has 0 aromatic heterocycles. The third-order valence-electron chi connectivity index (χ3n) is 4.45. The second kappa shape index (κ2) is 8.07. The summed E-state index contributed by atoms with van der Waals surface area (Å²) in [5.74, 6) is 0.498. The van der Waals surface area contributed by atoms with Crippen LogP contribution in [0.15, 0.2) is 42.5 Å². The van der Waals surface area contributed by atoms with Crippen LogP contribution in [-0.4, -0.2) is 38.6 Å². The highest BCUT2D eigenvalue weighted by atomic mass is 19.1. The van der Waals surface area contributed by atoms with E-state index in [-0.39, 0.29) is 36.5 Å². The summed E-state index contributed by atoms with van der Waals surface area (Å²) in [6.45, 7) is 0.378. The number of anilines is 1. The Morgan fingerprint density at radius 3 is 2.52 bits per heavy atom. The molecule has 1 N–H and O–H groups in total. The first-order valence-corrected chi connectivity index (χ1v) is 8.56. The van der Waals surface area contributed by atoms with Gasteiger partial charge in [-0.1, -0.05) is 12.1 Å². The topological polar surface area (TPSA) is 67.9 Å². The van der Waals surface area contributed by atoms with Gasteiger partial charge in [-0.15, -0.1) is 0 Å². The molecule has 1 fully saturated rings. The third-order valence-corrected chi connectivity index (χ3v) is 4.45. The number of hydrogen-bond acceptors (Lipinski definition) is 4. The van der Waals surface area contributed by atoms with E-state index in [0.29, 0.717) is 23.7 Å². The molecule has 3 rings (SSSR count). The zero-order valence-electron chi connectivity index (χ0n) is 15.2. The van der Waals surface area contributed by atoms with Gasteiger partial charge in [-0.2, -0.15) is 0 Å². The molecule has 142 valence electrons. The summed E-state index contributed by atoms with van der Waals surface area (Å²) in [5, 5.41) is 2.87. The van der Waals surface area contributed by atoms with Crippen LogP contribution in [0.5, 0.6) is 11.5 Å². The SMILES string of the molecule is COc1ccc(N2C[C@@H](NC(=O)Cc3ccc(F)cc3)CC2=O)cc1OC. The minimum atomic E-state index is -0.342. The molecule has 1 heterocycles. The second-order valence-electron chi connectivity index (χ2n) is 6.32. The molecular formula is C20H21FN2O4. The van der Waals surface area contributed by atoms with Crippen molar-refractivity contribution in [2.75, 3.05) is 25.7 Å². The van der Waals surface area contributed by atoms with Crippen molar-refractivity contribution in [1.82, 2.24) is 5.32 Å². The van der Waals surface area contributed by atoms with E-state index in [1.165, 1.54) is 19.2 Å². The van der Waals surface area contributed by atoms with Crippen LogP contribution >= 0.6 is 0 Å². The summed E-state index contributed by atoms with van der Waals surface area (Å²) in [7, 11) is 3.08. The van der Waals surface area contributed by atoms with Gasteiger partial charge in [0.1, 0.15) is 5.82 Å². The van der Waals surface area contributed by atoms with Crippen LogP contribution in [0.25, 0.3) is 0 Å². The number of nitrogens with zero attached hydrogens (tertiary/aromatic N) is 1. The first-order chi connectivity index (χ1) is 13.0. The van der Waals surface area contributed by atoms with E-state index in [4.69, 9.17) is 9.47 Å². The van der Waals surface area contributed by atoms with Crippen molar-refractivity contribution in [3.63, 3.8) is 0 Å². The zero-order valence-corrected chi connectivity index (χ0v) is 15.2. The summed E-state index contributed by atoms with van der Waals surface area (Å²) >= 11 is 0. The summed E-state index contributed by atoms with van der Waals surface area (Å²) in [6, 6.07) is 10.8. The minimum Gasteiger partial charge on any atom is -0.493 e. The molecule has 0 radical (unpaired) electrons. The maximum absolute atomic E-state index is 12.9. The molecule has 1 aliphatic rings. The number of rotatable bonds is 6. The molecule has 7 heteroatoms. The summed E-state index contributed by atoms with van der Waals surface area (Å²) in [5.41, 5.74) is 1.41. The number of carbonyl (C=O) groups excluding carboxylic acids is 2. The largest absolute Gasteiger partial charge is 0.493 e. The van der Waals surface area contributed by atoms with E-state index >= 15 is 0 Å². The van der Waals surface area contributed by atoms with Gasteiger partial charge in [-0.3, -0.25) is 9.59 Å². The Bertz CT molecular complexity index is 838. The molecule has 1 atom stereocenters. The van der Waals surface area contributed by atoms with Gasteiger partial charge >= 0.3 is 0 Å². The van der Waals surface area contributed by atoms with E-state index in [1.807, 2.05) is 0 Å². The maximum atomic E-state index is 12.9. The fraction of sp³-hybridized carbons (Fsp3) is 0.300. The smallest absolute Gasteiger partial charge is 0.229 e. The molecular weight excluding hydrogens is 351 g/mol. The number of hydrogen-bond donors (Lipinski definition) is 1. The number of halogens is 1. The number of nitrogens with one attached hydrogen (secondary N) is 1. The van der Waals surface area contributed by atoms with Crippen LogP contribution in [0.4, 0.5) is 10.1 Å². The zero-order chi connectivity index (χ0) is 19.4. The number of amides is 2. The Kier molecular flexibility index (Phi) is 5.59. The first kappa shape index (κ1) is 18.7. The fourth-order valence-electron chi connectivity index (χ4n) is 3.11. The standard InChI is InChI=1S/C20H21FN2O4/c1-26-17-8-7-16(11-18(17)27-2)23-12-15(10-20(23)25)22-19(24)9-13-3-5-14(21)6-4-13/h3-8,11,15H,9-10,12H2,1-2H3,(H,22,24)/t15-/m0/s1. The molecule has 27 heavy (non-hydrogen) atoms. The van der Waals surface area contributed by atoms with Crippen LogP contribution in [-0.2, 0) is 16.0 Å². The summed E-state index contributed by atoms with van der Waals surface area (Å²) in [4.78, 5) is 26.2. The van der Waals surface area contributed by atoms with Gasteiger partial charge in [0.05, 0.1) is 26.7 Å². The van der Waals surface area contributed by atoms with Gasteiger partial charge in [-0.25, -0.2) is 4.39 Å². The highest BCUT2D eigenvalue weighted by Crippen LogP contribution is 2.33. The average Bonchev–Trinajstić information content (AvgIpc) is 3.02. The van der Waals surface area contributed by atoms with Crippen molar-refractivity contribution in [2.24, 2.45) is 0 Å². The molecule has 0 saturated carbocycles.